The molecule has 1 aliphatic rings. The maximum absolute atomic E-state index is 5.34. The van der Waals surface area contributed by atoms with Gasteiger partial charge in [0.05, 0.1) is 0 Å². The maximum atomic E-state index is 5.34. The molecular weight excluding hydrogens is 194 g/mol. The van der Waals surface area contributed by atoms with E-state index in [2.05, 4.69) is 24.4 Å². The monoisotopic (exact) mass is 213 g/mol. The number of hydrogen-bond acceptors (Lipinski definition) is 2. The Balaban J connectivity index is 2.62. The van der Waals surface area contributed by atoms with Gasteiger partial charge in [0.25, 0.3) is 0 Å². The standard InChI is InChI=1S/C10H19N3S/c1-7(2)8-5-3-4-6-9(8)12-13-10(11)14/h7-8H,3-6H2,1-2H3,(H3,11,13,14). The van der Waals surface area contributed by atoms with Gasteiger partial charge in [-0.15, -0.1) is 0 Å². The van der Waals surface area contributed by atoms with E-state index < -0.39 is 0 Å². The SMILES string of the molecule is CC(C)C1CCCCC1=NNC(N)=S. The Hall–Kier alpha value is -0.640. The number of hydrazone groups is 1. The molecule has 1 saturated carbocycles. The highest BCUT2D eigenvalue weighted by Crippen LogP contribution is 2.27. The van der Waals surface area contributed by atoms with Crippen LogP contribution in [-0.2, 0) is 0 Å². The van der Waals surface area contributed by atoms with Crippen LogP contribution in [0.25, 0.3) is 0 Å². The second-order valence-electron chi connectivity index (χ2n) is 4.18. The number of nitrogens with one attached hydrogen (secondary N) is 1. The van der Waals surface area contributed by atoms with Crippen molar-refractivity contribution in [3.63, 3.8) is 0 Å². The van der Waals surface area contributed by atoms with Gasteiger partial charge in [0.2, 0.25) is 0 Å². The maximum Gasteiger partial charge on any atom is 0.184 e. The molecule has 0 aromatic carbocycles. The molecule has 0 aromatic heterocycles. The Bertz CT molecular complexity index is 236. The zero-order valence-corrected chi connectivity index (χ0v) is 9.73. The molecule has 1 atom stereocenters. The topological polar surface area (TPSA) is 50.4 Å². The quantitative estimate of drug-likeness (QED) is 0.545. The van der Waals surface area contributed by atoms with Gasteiger partial charge in [-0.05, 0) is 37.4 Å². The summed E-state index contributed by atoms with van der Waals surface area (Å²) in [5.74, 6) is 1.26. The lowest BCUT2D eigenvalue weighted by molar-refractivity contribution is 0.414. The van der Waals surface area contributed by atoms with Crippen molar-refractivity contribution in [1.29, 1.82) is 0 Å². The van der Waals surface area contributed by atoms with Crippen molar-refractivity contribution in [3.8, 4) is 0 Å². The molecule has 3 nitrogen and oxygen atoms in total. The zero-order chi connectivity index (χ0) is 10.6. The summed E-state index contributed by atoms with van der Waals surface area (Å²) in [4.78, 5) is 0. The van der Waals surface area contributed by atoms with Crippen LogP contribution in [0.2, 0.25) is 0 Å². The first kappa shape index (κ1) is 11.4. The molecule has 0 spiro atoms. The first-order valence-corrected chi connectivity index (χ1v) is 5.64. The van der Waals surface area contributed by atoms with Crippen LogP contribution in [0, 0.1) is 11.8 Å². The fourth-order valence-corrected chi connectivity index (χ4v) is 2.05. The highest BCUT2D eigenvalue weighted by Gasteiger charge is 2.23. The molecule has 14 heavy (non-hydrogen) atoms. The molecule has 3 N–H and O–H groups in total. The fourth-order valence-electron chi connectivity index (χ4n) is 2.01. The van der Waals surface area contributed by atoms with Crippen molar-refractivity contribution in [2.45, 2.75) is 39.5 Å². The predicted octanol–water partition coefficient (Wildman–Crippen LogP) is 2.02. The van der Waals surface area contributed by atoms with Gasteiger partial charge in [0.1, 0.15) is 0 Å². The molecule has 1 aliphatic carbocycles. The number of rotatable bonds is 2. The van der Waals surface area contributed by atoms with Crippen LogP contribution in [-0.4, -0.2) is 10.8 Å². The minimum atomic E-state index is 0.255. The lowest BCUT2D eigenvalue weighted by Gasteiger charge is -2.27. The van der Waals surface area contributed by atoms with E-state index in [1.165, 1.54) is 25.0 Å². The van der Waals surface area contributed by atoms with Crippen molar-refractivity contribution >= 4 is 23.0 Å². The van der Waals surface area contributed by atoms with E-state index >= 15 is 0 Å². The van der Waals surface area contributed by atoms with E-state index in [-0.39, 0.29) is 5.11 Å². The van der Waals surface area contributed by atoms with E-state index in [9.17, 15) is 0 Å². The minimum absolute atomic E-state index is 0.255. The molecule has 0 saturated heterocycles. The molecule has 0 amide bonds. The van der Waals surface area contributed by atoms with Crippen LogP contribution in [0.3, 0.4) is 0 Å². The summed E-state index contributed by atoms with van der Waals surface area (Å²) in [5.41, 5.74) is 9.28. The first-order chi connectivity index (χ1) is 6.61. The smallest absolute Gasteiger partial charge is 0.184 e. The van der Waals surface area contributed by atoms with Gasteiger partial charge in [-0.25, -0.2) is 0 Å². The van der Waals surface area contributed by atoms with Crippen LogP contribution in [0.1, 0.15) is 39.5 Å². The van der Waals surface area contributed by atoms with Crippen molar-refractivity contribution in [1.82, 2.24) is 5.43 Å². The third-order valence-electron chi connectivity index (χ3n) is 2.74. The van der Waals surface area contributed by atoms with Crippen LogP contribution in [0.15, 0.2) is 5.10 Å². The number of thiocarbonyl (C=S) groups is 1. The Kier molecular flexibility index (Phi) is 4.32. The van der Waals surface area contributed by atoms with Crippen LogP contribution >= 0.6 is 12.2 Å². The Labute approximate surface area is 91.1 Å². The fraction of sp³-hybridized carbons (Fsp3) is 0.800. The number of nitrogens with zero attached hydrogens (tertiary/aromatic N) is 1. The number of nitrogens with two attached hydrogens (primary N) is 1. The summed E-state index contributed by atoms with van der Waals surface area (Å²) in [6.45, 7) is 4.48. The second-order valence-corrected chi connectivity index (χ2v) is 4.62. The molecular formula is C10H19N3S. The zero-order valence-electron chi connectivity index (χ0n) is 8.92. The van der Waals surface area contributed by atoms with E-state index in [0.717, 1.165) is 6.42 Å². The minimum Gasteiger partial charge on any atom is -0.375 e. The molecule has 0 heterocycles. The van der Waals surface area contributed by atoms with Gasteiger partial charge >= 0.3 is 0 Å². The molecule has 1 rings (SSSR count). The van der Waals surface area contributed by atoms with E-state index in [1.54, 1.807) is 0 Å². The van der Waals surface area contributed by atoms with Gasteiger partial charge in [-0.3, -0.25) is 5.43 Å². The Morgan fingerprint density at radius 2 is 2.29 bits per heavy atom. The average molecular weight is 213 g/mol. The Morgan fingerprint density at radius 3 is 2.86 bits per heavy atom. The summed E-state index contributed by atoms with van der Waals surface area (Å²) in [6, 6.07) is 0. The van der Waals surface area contributed by atoms with Crippen molar-refractivity contribution in [3.05, 3.63) is 0 Å². The normalized spacial score (nSPS) is 25.4. The van der Waals surface area contributed by atoms with Crippen molar-refractivity contribution < 1.29 is 0 Å². The lowest BCUT2D eigenvalue weighted by atomic mass is 9.80. The van der Waals surface area contributed by atoms with Gasteiger partial charge in [-0.2, -0.15) is 5.10 Å². The Morgan fingerprint density at radius 1 is 1.57 bits per heavy atom. The summed E-state index contributed by atoms with van der Waals surface area (Å²) >= 11 is 4.73. The van der Waals surface area contributed by atoms with E-state index in [4.69, 9.17) is 18.0 Å². The molecule has 80 valence electrons. The van der Waals surface area contributed by atoms with E-state index in [1.807, 2.05) is 0 Å². The third-order valence-corrected chi connectivity index (χ3v) is 2.83. The highest BCUT2D eigenvalue weighted by molar-refractivity contribution is 7.80. The molecule has 0 bridgehead atoms. The average Bonchev–Trinajstić information content (AvgIpc) is 2.15. The van der Waals surface area contributed by atoms with Crippen LogP contribution in [0.4, 0.5) is 0 Å². The van der Waals surface area contributed by atoms with E-state index in [0.29, 0.717) is 11.8 Å². The molecule has 1 unspecified atom stereocenters. The summed E-state index contributed by atoms with van der Waals surface area (Å²) < 4.78 is 0. The molecule has 0 radical (unpaired) electrons. The molecule has 0 aliphatic heterocycles. The molecule has 4 heteroatoms. The lowest BCUT2D eigenvalue weighted by Crippen LogP contribution is -2.30. The van der Waals surface area contributed by atoms with Gasteiger partial charge in [0, 0.05) is 11.6 Å². The third kappa shape index (κ3) is 3.25. The highest BCUT2D eigenvalue weighted by atomic mass is 32.1. The summed E-state index contributed by atoms with van der Waals surface area (Å²) in [5, 5.41) is 4.54. The largest absolute Gasteiger partial charge is 0.375 e. The second kappa shape index (κ2) is 5.29. The number of hydrogen-bond donors (Lipinski definition) is 2. The molecule has 1 fully saturated rings. The van der Waals surface area contributed by atoms with Crippen molar-refractivity contribution in [2.75, 3.05) is 0 Å². The van der Waals surface area contributed by atoms with Gasteiger partial charge < -0.3 is 5.73 Å². The first-order valence-electron chi connectivity index (χ1n) is 5.23. The molecule has 0 aromatic rings. The van der Waals surface area contributed by atoms with Crippen LogP contribution < -0.4 is 11.2 Å². The summed E-state index contributed by atoms with van der Waals surface area (Å²) in [6.07, 6.45) is 4.88. The van der Waals surface area contributed by atoms with Gasteiger partial charge in [0.15, 0.2) is 5.11 Å². The predicted molar refractivity (Wildman–Crippen MR) is 64.2 cm³/mol. The van der Waals surface area contributed by atoms with Crippen LogP contribution in [0.5, 0.6) is 0 Å². The van der Waals surface area contributed by atoms with Gasteiger partial charge in [-0.1, -0.05) is 20.3 Å². The van der Waals surface area contributed by atoms with Crippen molar-refractivity contribution in [2.24, 2.45) is 22.7 Å². The summed E-state index contributed by atoms with van der Waals surface area (Å²) in [7, 11) is 0.